The summed E-state index contributed by atoms with van der Waals surface area (Å²) in [5, 5.41) is 8.20. The van der Waals surface area contributed by atoms with E-state index in [1.54, 1.807) is 11.1 Å². The van der Waals surface area contributed by atoms with Gasteiger partial charge in [-0.1, -0.05) is 6.08 Å². The highest BCUT2D eigenvalue weighted by Gasteiger charge is 2.27. The zero-order valence-corrected chi connectivity index (χ0v) is 14.1. The maximum atomic E-state index is 12.1. The smallest absolute Gasteiger partial charge is 0.410 e. The van der Waals surface area contributed by atoms with Crippen LogP contribution in [0.15, 0.2) is 18.3 Å². The van der Waals surface area contributed by atoms with Crippen molar-refractivity contribution in [2.24, 2.45) is 0 Å². The van der Waals surface area contributed by atoms with E-state index in [4.69, 9.17) is 4.74 Å². The molecule has 0 aliphatic heterocycles. The normalized spacial score (nSPS) is 18.6. The number of amides is 1. The number of allylic oxidation sites excluding steroid dienone is 1. The van der Waals surface area contributed by atoms with Crippen LogP contribution < -0.4 is 0 Å². The van der Waals surface area contributed by atoms with Gasteiger partial charge in [0.2, 0.25) is 0 Å². The highest BCUT2D eigenvalue weighted by atomic mass is 16.6. The predicted octanol–water partition coefficient (Wildman–Crippen LogP) is 3.59. The first kappa shape index (κ1) is 16.5. The van der Waals surface area contributed by atoms with Gasteiger partial charge in [-0.3, -0.25) is 0 Å². The van der Waals surface area contributed by atoms with E-state index >= 15 is 0 Å². The quantitative estimate of drug-likeness (QED) is 0.838. The molecule has 1 atom stereocenters. The molecule has 120 valence electrons. The molecular formula is C17H25N3O2. The molecule has 1 amide bonds. The zero-order valence-electron chi connectivity index (χ0n) is 14.1. The van der Waals surface area contributed by atoms with Crippen LogP contribution in [0.2, 0.25) is 0 Å². The Labute approximate surface area is 132 Å². The van der Waals surface area contributed by atoms with Gasteiger partial charge in [-0.05, 0) is 64.2 Å². The molecule has 0 saturated heterocycles. The van der Waals surface area contributed by atoms with Gasteiger partial charge >= 0.3 is 6.09 Å². The Kier molecular flexibility index (Phi) is 4.84. The van der Waals surface area contributed by atoms with Gasteiger partial charge in [-0.15, -0.1) is 0 Å². The van der Waals surface area contributed by atoms with E-state index in [0.29, 0.717) is 0 Å². The first-order valence-electron chi connectivity index (χ1n) is 7.71. The standard InChI is InChI=1S/C17H25N3O2/c1-12-10-15(19-18-11-12)13-6-8-14(9-7-13)20(5)16(21)22-17(2,3)4/h6,10-11,14H,7-9H2,1-5H3. The summed E-state index contributed by atoms with van der Waals surface area (Å²) in [6.45, 7) is 7.66. The molecule has 2 rings (SSSR count). The van der Waals surface area contributed by atoms with Gasteiger partial charge in [0, 0.05) is 13.1 Å². The molecule has 1 unspecified atom stereocenters. The SMILES string of the molecule is Cc1cnnc(C2=CCC(N(C)C(=O)OC(C)(C)C)CC2)c1. The Morgan fingerprint density at radius 1 is 1.41 bits per heavy atom. The third-order valence-electron chi connectivity index (χ3n) is 3.73. The number of hydrogen-bond donors (Lipinski definition) is 0. The van der Waals surface area contributed by atoms with Crippen molar-refractivity contribution in [1.29, 1.82) is 0 Å². The molecule has 1 aromatic heterocycles. The van der Waals surface area contributed by atoms with E-state index in [1.165, 1.54) is 5.57 Å². The summed E-state index contributed by atoms with van der Waals surface area (Å²) >= 11 is 0. The second-order valence-corrected chi connectivity index (χ2v) is 6.87. The van der Waals surface area contributed by atoms with E-state index in [2.05, 4.69) is 22.3 Å². The number of nitrogens with zero attached hydrogens (tertiary/aromatic N) is 3. The van der Waals surface area contributed by atoms with Crippen molar-refractivity contribution in [3.05, 3.63) is 29.6 Å². The van der Waals surface area contributed by atoms with Crippen LogP contribution in [0.1, 0.15) is 51.3 Å². The summed E-state index contributed by atoms with van der Waals surface area (Å²) in [6.07, 6.45) is 6.29. The minimum absolute atomic E-state index is 0.177. The van der Waals surface area contributed by atoms with Crippen LogP contribution in [-0.4, -0.2) is 39.9 Å². The van der Waals surface area contributed by atoms with E-state index in [-0.39, 0.29) is 12.1 Å². The third kappa shape index (κ3) is 4.29. The lowest BCUT2D eigenvalue weighted by Crippen LogP contribution is -2.41. The van der Waals surface area contributed by atoms with Gasteiger partial charge in [0.1, 0.15) is 5.60 Å². The molecule has 0 saturated carbocycles. The molecule has 0 aromatic carbocycles. The van der Waals surface area contributed by atoms with Crippen molar-refractivity contribution in [1.82, 2.24) is 15.1 Å². The molecule has 1 heterocycles. The lowest BCUT2D eigenvalue weighted by atomic mass is 9.92. The third-order valence-corrected chi connectivity index (χ3v) is 3.73. The van der Waals surface area contributed by atoms with Crippen molar-refractivity contribution < 1.29 is 9.53 Å². The molecule has 22 heavy (non-hydrogen) atoms. The largest absolute Gasteiger partial charge is 0.444 e. The molecule has 0 radical (unpaired) electrons. The summed E-state index contributed by atoms with van der Waals surface area (Å²) in [4.78, 5) is 13.8. The Bertz CT molecular complexity index is 576. The maximum absolute atomic E-state index is 12.1. The van der Waals surface area contributed by atoms with E-state index < -0.39 is 5.60 Å². The van der Waals surface area contributed by atoms with Gasteiger partial charge in [0.05, 0.1) is 11.9 Å². The number of aromatic nitrogens is 2. The minimum Gasteiger partial charge on any atom is -0.444 e. The molecule has 1 aromatic rings. The summed E-state index contributed by atoms with van der Waals surface area (Å²) in [5.74, 6) is 0. The summed E-state index contributed by atoms with van der Waals surface area (Å²) < 4.78 is 5.42. The lowest BCUT2D eigenvalue weighted by molar-refractivity contribution is 0.0215. The van der Waals surface area contributed by atoms with Crippen molar-refractivity contribution in [3.8, 4) is 0 Å². The van der Waals surface area contributed by atoms with Crippen LogP contribution in [0.3, 0.4) is 0 Å². The van der Waals surface area contributed by atoms with Crippen LogP contribution in [0.25, 0.3) is 5.57 Å². The number of hydrogen-bond acceptors (Lipinski definition) is 4. The van der Waals surface area contributed by atoms with E-state index in [9.17, 15) is 4.79 Å². The zero-order chi connectivity index (χ0) is 16.3. The Balaban J connectivity index is 2.00. The molecule has 0 N–H and O–H groups in total. The Morgan fingerprint density at radius 3 is 2.68 bits per heavy atom. The average Bonchev–Trinajstić information content (AvgIpc) is 2.45. The predicted molar refractivity (Wildman–Crippen MR) is 86.4 cm³/mol. The van der Waals surface area contributed by atoms with Crippen LogP contribution in [0, 0.1) is 6.92 Å². The van der Waals surface area contributed by atoms with Crippen molar-refractivity contribution in [3.63, 3.8) is 0 Å². The first-order valence-corrected chi connectivity index (χ1v) is 7.71. The fourth-order valence-electron chi connectivity index (χ4n) is 2.51. The molecule has 5 heteroatoms. The van der Waals surface area contributed by atoms with E-state index in [0.717, 1.165) is 30.5 Å². The number of carbonyl (C=O) groups is 1. The van der Waals surface area contributed by atoms with Crippen LogP contribution in [0.4, 0.5) is 4.79 Å². The number of aryl methyl sites for hydroxylation is 1. The molecule has 0 spiro atoms. The second kappa shape index (κ2) is 6.46. The van der Waals surface area contributed by atoms with Crippen molar-refractivity contribution in [2.45, 2.75) is 58.6 Å². The van der Waals surface area contributed by atoms with E-state index in [1.807, 2.05) is 34.7 Å². The number of ether oxygens (including phenoxy) is 1. The van der Waals surface area contributed by atoms with Crippen LogP contribution in [-0.2, 0) is 4.74 Å². The minimum atomic E-state index is -0.460. The second-order valence-electron chi connectivity index (χ2n) is 6.87. The Hall–Kier alpha value is -1.91. The molecular weight excluding hydrogens is 278 g/mol. The molecule has 5 nitrogen and oxygen atoms in total. The summed E-state index contributed by atoms with van der Waals surface area (Å²) in [5.41, 5.74) is 2.81. The van der Waals surface area contributed by atoms with Gasteiger partial charge in [-0.2, -0.15) is 10.2 Å². The van der Waals surface area contributed by atoms with Crippen molar-refractivity contribution in [2.75, 3.05) is 7.05 Å². The highest BCUT2D eigenvalue weighted by molar-refractivity contribution is 5.69. The molecule has 1 aliphatic rings. The summed E-state index contributed by atoms with van der Waals surface area (Å²) in [7, 11) is 1.81. The van der Waals surface area contributed by atoms with Gasteiger partial charge in [0.25, 0.3) is 0 Å². The average molecular weight is 303 g/mol. The fourth-order valence-corrected chi connectivity index (χ4v) is 2.51. The number of carbonyl (C=O) groups excluding carboxylic acids is 1. The Morgan fingerprint density at radius 2 is 2.14 bits per heavy atom. The van der Waals surface area contributed by atoms with Gasteiger partial charge in [-0.25, -0.2) is 4.79 Å². The maximum Gasteiger partial charge on any atom is 0.410 e. The monoisotopic (exact) mass is 303 g/mol. The lowest BCUT2D eigenvalue weighted by Gasteiger charge is -2.32. The van der Waals surface area contributed by atoms with Crippen LogP contribution in [0.5, 0.6) is 0 Å². The fraction of sp³-hybridized carbons (Fsp3) is 0.588. The van der Waals surface area contributed by atoms with Gasteiger partial charge in [0.15, 0.2) is 0 Å². The molecule has 1 aliphatic carbocycles. The van der Waals surface area contributed by atoms with Gasteiger partial charge < -0.3 is 9.64 Å². The van der Waals surface area contributed by atoms with Crippen molar-refractivity contribution >= 4 is 11.7 Å². The summed E-state index contributed by atoms with van der Waals surface area (Å²) in [6, 6.07) is 2.23. The molecule has 0 fully saturated rings. The number of rotatable bonds is 2. The highest BCUT2D eigenvalue weighted by Crippen LogP contribution is 2.28. The molecule has 0 bridgehead atoms. The van der Waals surface area contributed by atoms with Crippen LogP contribution >= 0.6 is 0 Å². The topological polar surface area (TPSA) is 55.3 Å². The first-order chi connectivity index (χ1) is 10.3.